The van der Waals surface area contributed by atoms with Gasteiger partial charge in [0, 0.05) is 19.3 Å². The van der Waals surface area contributed by atoms with Crippen LogP contribution in [0.5, 0.6) is 0 Å². The van der Waals surface area contributed by atoms with Gasteiger partial charge in [-0.15, -0.1) is 0 Å². The Morgan fingerprint density at radius 3 is 0.533 bits per heavy atom. The van der Waals surface area contributed by atoms with Crippen LogP contribution in [0.15, 0.2) is 0 Å². The maximum Gasteiger partial charge on any atom is 0.306 e. The van der Waals surface area contributed by atoms with Crippen molar-refractivity contribution < 1.29 is 28.6 Å². The van der Waals surface area contributed by atoms with Gasteiger partial charge in [0.1, 0.15) is 13.2 Å². The van der Waals surface area contributed by atoms with Crippen molar-refractivity contribution in [3.05, 3.63) is 0 Å². The Hall–Kier alpha value is -1.59. The van der Waals surface area contributed by atoms with Gasteiger partial charge in [0.05, 0.1) is 0 Å². The third-order valence-corrected chi connectivity index (χ3v) is 16.1. The van der Waals surface area contributed by atoms with Gasteiger partial charge in [-0.05, 0) is 19.3 Å². The minimum Gasteiger partial charge on any atom is -0.462 e. The van der Waals surface area contributed by atoms with Crippen LogP contribution in [0.3, 0.4) is 0 Å². The van der Waals surface area contributed by atoms with Crippen molar-refractivity contribution in [3.63, 3.8) is 0 Å². The highest BCUT2D eigenvalue weighted by atomic mass is 16.6. The predicted octanol–water partition coefficient (Wildman–Crippen LogP) is 23.5. The van der Waals surface area contributed by atoms with E-state index in [0.717, 1.165) is 57.8 Å². The lowest BCUT2D eigenvalue weighted by molar-refractivity contribution is -0.167. The van der Waals surface area contributed by atoms with Crippen molar-refractivity contribution in [1.29, 1.82) is 0 Å². The third kappa shape index (κ3) is 63.1. The molecule has 0 aromatic carbocycles. The largest absolute Gasteiger partial charge is 0.462 e. The molecule has 0 N–H and O–H groups in total. The molecular weight excluding hydrogens is 925 g/mol. The zero-order valence-electron chi connectivity index (χ0n) is 51.4. The quantitative estimate of drug-likeness (QED) is 0.0343. The minimum atomic E-state index is -0.761. The van der Waals surface area contributed by atoms with Gasteiger partial charge in [-0.25, -0.2) is 0 Å². The first kappa shape index (κ1) is 73.4. The minimum absolute atomic E-state index is 0.0610. The number of carbonyl (C=O) groups is 3. The Labute approximate surface area is 469 Å². The maximum atomic E-state index is 12.8. The van der Waals surface area contributed by atoms with Crippen LogP contribution in [0.25, 0.3) is 0 Å². The molecule has 0 bridgehead atoms. The van der Waals surface area contributed by atoms with Crippen molar-refractivity contribution >= 4 is 17.9 Å². The molecule has 0 rings (SSSR count). The van der Waals surface area contributed by atoms with Crippen molar-refractivity contribution in [2.24, 2.45) is 0 Å². The monoisotopic (exact) mass is 1060 g/mol. The molecule has 0 aromatic heterocycles. The highest BCUT2D eigenvalue weighted by Crippen LogP contribution is 2.19. The fraction of sp³-hybridized carbons (Fsp3) is 0.957. The molecule has 0 radical (unpaired) electrons. The first-order valence-corrected chi connectivity index (χ1v) is 34.5. The van der Waals surface area contributed by atoms with Crippen molar-refractivity contribution in [2.75, 3.05) is 13.2 Å². The van der Waals surface area contributed by atoms with E-state index in [-0.39, 0.29) is 31.1 Å². The Morgan fingerprint density at radius 1 is 0.213 bits per heavy atom. The smallest absolute Gasteiger partial charge is 0.306 e. The van der Waals surface area contributed by atoms with Gasteiger partial charge in [0.15, 0.2) is 6.10 Å². The number of rotatable bonds is 65. The summed E-state index contributed by atoms with van der Waals surface area (Å²) in [5, 5.41) is 0. The van der Waals surface area contributed by atoms with E-state index in [0.29, 0.717) is 19.3 Å². The molecular formula is C69H134O6. The second-order valence-corrected chi connectivity index (χ2v) is 23.8. The van der Waals surface area contributed by atoms with Crippen LogP contribution in [-0.2, 0) is 28.6 Å². The van der Waals surface area contributed by atoms with E-state index in [2.05, 4.69) is 20.8 Å². The Kier molecular flexibility index (Phi) is 63.6. The summed E-state index contributed by atoms with van der Waals surface area (Å²) in [6.45, 7) is 6.71. The molecule has 0 aliphatic heterocycles. The first-order valence-electron chi connectivity index (χ1n) is 34.5. The fourth-order valence-corrected chi connectivity index (χ4v) is 10.9. The van der Waals surface area contributed by atoms with Crippen LogP contribution in [0.4, 0.5) is 0 Å². The molecule has 0 aliphatic rings. The second-order valence-electron chi connectivity index (χ2n) is 23.8. The van der Waals surface area contributed by atoms with Crippen LogP contribution >= 0.6 is 0 Å². The lowest BCUT2D eigenvalue weighted by Crippen LogP contribution is -2.30. The van der Waals surface area contributed by atoms with Crippen LogP contribution < -0.4 is 0 Å². The molecule has 0 saturated heterocycles. The van der Waals surface area contributed by atoms with Crippen LogP contribution in [0.1, 0.15) is 406 Å². The molecule has 0 fully saturated rings. The van der Waals surface area contributed by atoms with Gasteiger partial charge < -0.3 is 14.2 Å². The van der Waals surface area contributed by atoms with Crippen LogP contribution in [0, 0.1) is 0 Å². The topological polar surface area (TPSA) is 78.9 Å². The molecule has 0 spiro atoms. The van der Waals surface area contributed by atoms with E-state index in [4.69, 9.17) is 14.2 Å². The number of ether oxygens (including phenoxy) is 3. The average Bonchev–Trinajstić information content (AvgIpc) is 3.41. The summed E-state index contributed by atoms with van der Waals surface area (Å²) in [5.41, 5.74) is 0. The van der Waals surface area contributed by atoms with Gasteiger partial charge in [-0.3, -0.25) is 14.4 Å². The highest BCUT2D eigenvalue weighted by Gasteiger charge is 2.19. The Balaban J connectivity index is 3.97. The summed E-state index contributed by atoms with van der Waals surface area (Å²) in [7, 11) is 0. The van der Waals surface area contributed by atoms with Crippen molar-refractivity contribution in [1.82, 2.24) is 0 Å². The van der Waals surface area contributed by atoms with Crippen molar-refractivity contribution in [3.8, 4) is 0 Å². The molecule has 6 nitrogen and oxygen atoms in total. The Morgan fingerprint density at radius 2 is 0.360 bits per heavy atom. The summed E-state index contributed by atoms with van der Waals surface area (Å²) in [6.07, 6.45) is 75.8. The van der Waals surface area contributed by atoms with Gasteiger partial charge in [0.25, 0.3) is 0 Å². The Bertz CT molecular complexity index is 1120. The fourth-order valence-electron chi connectivity index (χ4n) is 10.9. The predicted molar refractivity (Wildman–Crippen MR) is 326 cm³/mol. The lowest BCUT2D eigenvalue weighted by Gasteiger charge is -2.18. The molecule has 0 saturated carbocycles. The van der Waals surface area contributed by atoms with E-state index < -0.39 is 6.10 Å². The summed E-state index contributed by atoms with van der Waals surface area (Å²) in [6, 6.07) is 0. The SMILES string of the molecule is CCCCCCCCCCCCCCCCCCCCCCCCCCCCCCCCCCCC(=O)OCC(COC(=O)CCCCCCCCCCCCCC)OC(=O)CCCCCCCCCCCCCC. The van der Waals surface area contributed by atoms with Gasteiger partial charge in [-0.2, -0.15) is 0 Å². The highest BCUT2D eigenvalue weighted by molar-refractivity contribution is 5.71. The second kappa shape index (κ2) is 64.9. The number of hydrogen-bond acceptors (Lipinski definition) is 6. The molecule has 1 unspecified atom stereocenters. The molecule has 0 aliphatic carbocycles. The van der Waals surface area contributed by atoms with Crippen LogP contribution in [-0.4, -0.2) is 37.2 Å². The molecule has 0 heterocycles. The van der Waals surface area contributed by atoms with E-state index in [1.165, 1.54) is 308 Å². The summed E-state index contributed by atoms with van der Waals surface area (Å²) < 4.78 is 16.9. The third-order valence-electron chi connectivity index (χ3n) is 16.1. The number of esters is 3. The molecule has 0 aromatic rings. The molecule has 0 amide bonds. The first-order chi connectivity index (χ1) is 37.0. The maximum absolute atomic E-state index is 12.8. The van der Waals surface area contributed by atoms with E-state index in [9.17, 15) is 14.4 Å². The summed E-state index contributed by atoms with van der Waals surface area (Å²) >= 11 is 0. The van der Waals surface area contributed by atoms with Gasteiger partial charge in [0.2, 0.25) is 0 Å². The lowest BCUT2D eigenvalue weighted by atomic mass is 10.0. The normalized spacial score (nSPS) is 11.9. The van der Waals surface area contributed by atoms with Gasteiger partial charge in [-0.1, -0.05) is 367 Å². The zero-order valence-corrected chi connectivity index (χ0v) is 51.4. The number of unbranched alkanes of at least 4 members (excludes halogenated alkanes) is 54. The molecule has 6 heteroatoms. The molecule has 446 valence electrons. The standard InChI is InChI=1S/C69H134O6/c1-4-7-10-13-16-19-22-25-26-27-28-29-30-31-32-33-34-35-36-37-38-39-40-41-42-43-44-45-48-50-53-56-59-62-68(71)74-65-66(75-69(72)63-60-57-54-51-47-24-21-18-15-12-9-6-3)64-73-67(70)61-58-55-52-49-46-23-20-17-14-11-8-5-2/h66H,4-65H2,1-3H3. The van der Waals surface area contributed by atoms with E-state index >= 15 is 0 Å². The zero-order chi connectivity index (χ0) is 54.3. The van der Waals surface area contributed by atoms with Gasteiger partial charge >= 0.3 is 17.9 Å². The molecule has 1 atom stereocenters. The van der Waals surface area contributed by atoms with Crippen LogP contribution in [0.2, 0.25) is 0 Å². The number of carbonyl (C=O) groups excluding carboxylic acids is 3. The number of hydrogen-bond donors (Lipinski definition) is 0. The summed E-state index contributed by atoms with van der Waals surface area (Å²) in [5.74, 6) is -0.830. The van der Waals surface area contributed by atoms with E-state index in [1.54, 1.807) is 0 Å². The summed E-state index contributed by atoms with van der Waals surface area (Å²) in [4.78, 5) is 38.2. The average molecular weight is 1060 g/mol. The molecule has 75 heavy (non-hydrogen) atoms. The van der Waals surface area contributed by atoms with Crippen molar-refractivity contribution in [2.45, 2.75) is 412 Å². The van der Waals surface area contributed by atoms with E-state index in [1.807, 2.05) is 0 Å².